The van der Waals surface area contributed by atoms with E-state index in [1.54, 1.807) is 0 Å². The van der Waals surface area contributed by atoms with Crippen molar-refractivity contribution in [3.8, 4) is 0 Å². The average Bonchev–Trinajstić information content (AvgIpc) is 2.41. The Hall–Kier alpha value is 0.270. The van der Waals surface area contributed by atoms with Crippen molar-refractivity contribution in [3.05, 3.63) is 0 Å². The molecule has 1 aliphatic carbocycles. The third kappa shape index (κ3) is 4.14. The minimum atomic E-state index is 0.264. The first-order valence-electron chi connectivity index (χ1n) is 8.21. The molecular formula is C17H35NOS. The summed E-state index contributed by atoms with van der Waals surface area (Å²) in [7, 11) is 0. The van der Waals surface area contributed by atoms with E-state index in [2.05, 4.69) is 53.1 Å². The molecule has 1 saturated carbocycles. The highest BCUT2D eigenvalue weighted by atomic mass is 32.2. The van der Waals surface area contributed by atoms with Gasteiger partial charge in [-0.25, -0.2) is 0 Å². The standard InChI is InChI=1S/C17H35NOS/c1-8-17(9-2,20-7)12-18-14-10-15(16(14,5)6)19-11-13(3)4/h13-15,18H,8-12H2,1-7H3. The summed E-state index contributed by atoms with van der Waals surface area (Å²) >= 11 is 2.02. The smallest absolute Gasteiger partial charge is 0.0656 e. The average molecular weight is 302 g/mol. The summed E-state index contributed by atoms with van der Waals surface area (Å²) in [4.78, 5) is 0. The molecule has 0 aliphatic heterocycles. The van der Waals surface area contributed by atoms with Crippen molar-refractivity contribution < 1.29 is 4.74 Å². The van der Waals surface area contributed by atoms with Crippen LogP contribution in [-0.2, 0) is 4.74 Å². The lowest BCUT2D eigenvalue weighted by molar-refractivity contribution is -0.124. The van der Waals surface area contributed by atoms with E-state index >= 15 is 0 Å². The maximum absolute atomic E-state index is 6.05. The quantitative estimate of drug-likeness (QED) is 0.684. The van der Waals surface area contributed by atoms with Gasteiger partial charge in [-0.3, -0.25) is 0 Å². The second-order valence-corrected chi connectivity index (χ2v) is 8.57. The molecule has 0 aromatic heterocycles. The van der Waals surface area contributed by atoms with Gasteiger partial charge in [-0.15, -0.1) is 0 Å². The van der Waals surface area contributed by atoms with Crippen molar-refractivity contribution in [1.82, 2.24) is 5.32 Å². The van der Waals surface area contributed by atoms with Crippen LogP contribution >= 0.6 is 11.8 Å². The van der Waals surface area contributed by atoms with Crippen LogP contribution in [0.1, 0.15) is 60.8 Å². The molecule has 0 saturated heterocycles. The highest BCUT2D eigenvalue weighted by Gasteiger charge is 2.49. The van der Waals surface area contributed by atoms with Gasteiger partial charge in [0.25, 0.3) is 0 Å². The van der Waals surface area contributed by atoms with Crippen LogP contribution in [0.3, 0.4) is 0 Å². The molecule has 2 unspecified atom stereocenters. The SMILES string of the molecule is CCC(CC)(CNC1CC(OCC(C)C)C1(C)C)SC. The molecule has 20 heavy (non-hydrogen) atoms. The second kappa shape index (κ2) is 7.51. The Morgan fingerprint density at radius 2 is 1.90 bits per heavy atom. The molecule has 0 aromatic carbocycles. The van der Waals surface area contributed by atoms with Crippen LogP contribution in [0.2, 0.25) is 0 Å². The Morgan fingerprint density at radius 3 is 2.30 bits per heavy atom. The number of hydrogen-bond acceptors (Lipinski definition) is 3. The third-order valence-electron chi connectivity index (χ3n) is 5.20. The lowest BCUT2D eigenvalue weighted by Gasteiger charge is -2.53. The number of nitrogens with one attached hydrogen (secondary N) is 1. The van der Waals surface area contributed by atoms with Crippen LogP contribution in [0.25, 0.3) is 0 Å². The molecular weight excluding hydrogens is 266 g/mol. The largest absolute Gasteiger partial charge is 0.377 e. The maximum Gasteiger partial charge on any atom is 0.0656 e. The number of hydrogen-bond donors (Lipinski definition) is 1. The van der Waals surface area contributed by atoms with Crippen LogP contribution in [0.4, 0.5) is 0 Å². The minimum Gasteiger partial charge on any atom is -0.377 e. The normalized spacial score (nSPS) is 25.8. The van der Waals surface area contributed by atoms with Crippen molar-refractivity contribution in [2.45, 2.75) is 77.7 Å². The van der Waals surface area contributed by atoms with Crippen LogP contribution in [-0.4, -0.2) is 36.3 Å². The topological polar surface area (TPSA) is 21.3 Å². The fourth-order valence-electron chi connectivity index (χ4n) is 2.99. The number of thioether (sulfide) groups is 1. The summed E-state index contributed by atoms with van der Waals surface area (Å²) in [5.41, 5.74) is 0.264. The monoisotopic (exact) mass is 301 g/mol. The van der Waals surface area contributed by atoms with Crippen molar-refractivity contribution in [2.75, 3.05) is 19.4 Å². The van der Waals surface area contributed by atoms with Crippen LogP contribution in [0.15, 0.2) is 0 Å². The fourth-order valence-corrected chi connectivity index (χ4v) is 3.80. The van der Waals surface area contributed by atoms with Gasteiger partial charge >= 0.3 is 0 Å². The molecule has 1 N–H and O–H groups in total. The van der Waals surface area contributed by atoms with E-state index in [9.17, 15) is 0 Å². The molecule has 0 amide bonds. The zero-order valence-electron chi connectivity index (χ0n) is 14.6. The minimum absolute atomic E-state index is 0.264. The Kier molecular flexibility index (Phi) is 6.88. The Bertz CT molecular complexity index is 278. The Morgan fingerprint density at radius 1 is 1.30 bits per heavy atom. The van der Waals surface area contributed by atoms with Gasteiger partial charge in [-0.1, -0.05) is 41.5 Å². The fraction of sp³-hybridized carbons (Fsp3) is 1.00. The van der Waals surface area contributed by atoms with E-state index in [1.165, 1.54) is 12.8 Å². The first-order valence-corrected chi connectivity index (χ1v) is 9.44. The van der Waals surface area contributed by atoms with Gasteiger partial charge in [-0.05, 0) is 31.4 Å². The molecule has 120 valence electrons. The van der Waals surface area contributed by atoms with Gasteiger partial charge in [0.1, 0.15) is 0 Å². The first-order chi connectivity index (χ1) is 9.31. The van der Waals surface area contributed by atoms with Gasteiger partial charge in [-0.2, -0.15) is 11.8 Å². The van der Waals surface area contributed by atoms with Crippen molar-refractivity contribution in [2.24, 2.45) is 11.3 Å². The summed E-state index contributed by atoms with van der Waals surface area (Å²) in [5.74, 6) is 0.627. The van der Waals surface area contributed by atoms with Crippen molar-refractivity contribution in [3.63, 3.8) is 0 Å². The van der Waals surface area contributed by atoms with Gasteiger partial charge in [0.05, 0.1) is 6.10 Å². The molecule has 2 atom stereocenters. The predicted octanol–water partition coefficient (Wildman–Crippen LogP) is 4.34. The van der Waals surface area contributed by atoms with E-state index < -0.39 is 0 Å². The second-order valence-electron chi connectivity index (χ2n) is 7.30. The zero-order chi connectivity index (χ0) is 15.4. The van der Waals surface area contributed by atoms with E-state index in [1.807, 2.05) is 11.8 Å². The summed E-state index contributed by atoms with van der Waals surface area (Å²) in [5, 5.41) is 3.82. The van der Waals surface area contributed by atoms with E-state index in [0.717, 1.165) is 19.6 Å². The molecule has 0 bridgehead atoms. The maximum atomic E-state index is 6.05. The van der Waals surface area contributed by atoms with Crippen LogP contribution in [0.5, 0.6) is 0 Å². The van der Waals surface area contributed by atoms with E-state index in [0.29, 0.717) is 22.8 Å². The van der Waals surface area contributed by atoms with Gasteiger partial charge < -0.3 is 10.1 Å². The zero-order valence-corrected chi connectivity index (χ0v) is 15.4. The molecule has 0 radical (unpaired) electrons. The summed E-state index contributed by atoms with van der Waals surface area (Å²) < 4.78 is 6.45. The summed E-state index contributed by atoms with van der Waals surface area (Å²) in [6, 6.07) is 0.601. The van der Waals surface area contributed by atoms with Crippen molar-refractivity contribution in [1.29, 1.82) is 0 Å². The molecule has 0 aromatic rings. The molecule has 2 nitrogen and oxygen atoms in total. The lowest BCUT2D eigenvalue weighted by Crippen LogP contribution is -2.62. The Labute approximate surface area is 130 Å². The van der Waals surface area contributed by atoms with E-state index in [4.69, 9.17) is 4.74 Å². The van der Waals surface area contributed by atoms with Gasteiger partial charge in [0.2, 0.25) is 0 Å². The Balaban J connectivity index is 2.44. The predicted molar refractivity (Wildman–Crippen MR) is 91.6 cm³/mol. The number of ether oxygens (including phenoxy) is 1. The molecule has 1 rings (SSSR count). The van der Waals surface area contributed by atoms with Crippen molar-refractivity contribution >= 4 is 11.8 Å². The molecule has 1 aliphatic rings. The van der Waals surface area contributed by atoms with E-state index in [-0.39, 0.29) is 5.41 Å². The summed E-state index contributed by atoms with van der Waals surface area (Å²) in [6.07, 6.45) is 6.30. The van der Waals surface area contributed by atoms with Crippen LogP contribution in [0, 0.1) is 11.3 Å². The lowest BCUT2D eigenvalue weighted by atomic mass is 9.64. The molecule has 3 heteroatoms. The van der Waals surface area contributed by atoms with Crippen LogP contribution < -0.4 is 5.32 Å². The van der Waals surface area contributed by atoms with Gasteiger partial charge in [0.15, 0.2) is 0 Å². The molecule has 0 spiro atoms. The third-order valence-corrected chi connectivity index (χ3v) is 6.79. The summed E-state index contributed by atoms with van der Waals surface area (Å²) in [6.45, 7) is 15.7. The highest BCUT2D eigenvalue weighted by Crippen LogP contribution is 2.43. The molecule has 0 heterocycles. The first kappa shape index (κ1) is 18.3. The highest BCUT2D eigenvalue weighted by molar-refractivity contribution is 8.00. The van der Waals surface area contributed by atoms with Gasteiger partial charge in [0, 0.05) is 29.4 Å². The molecule has 1 fully saturated rings. The number of rotatable bonds is 9.